The molecule has 0 bridgehead atoms. The first-order valence-electron chi connectivity index (χ1n) is 16.9. The minimum atomic E-state index is -0.330. The van der Waals surface area contributed by atoms with Gasteiger partial charge in [-0.25, -0.2) is 4.90 Å². The van der Waals surface area contributed by atoms with Crippen LogP contribution in [0.2, 0.25) is 0 Å². The molecule has 2 amide bonds. The Kier molecular flexibility index (Phi) is 6.85. The summed E-state index contributed by atoms with van der Waals surface area (Å²) in [6.45, 7) is 4.20. The third-order valence-corrected chi connectivity index (χ3v) is 9.83. The van der Waals surface area contributed by atoms with Gasteiger partial charge in [0.25, 0.3) is 11.8 Å². The van der Waals surface area contributed by atoms with Gasteiger partial charge in [0.1, 0.15) is 0 Å². The summed E-state index contributed by atoms with van der Waals surface area (Å²) in [6.07, 6.45) is 0. The number of aromatic nitrogens is 1. The molecule has 1 aliphatic heterocycles. The third-order valence-electron chi connectivity index (χ3n) is 9.83. The van der Waals surface area contributed by atoms with Crippen LogP contribution in [0.5, 0.6) is 0 Å². The molecule has 7 aromatic carbocycles. The Labute approximate surface area is 290 Å². The fraction of sp³-hybridized carbons (Fsp3) is 0.0435. The van der Waals surface area contributed by atoms with E-state index in [1.807, 2.05) is 66.7 Å². The van der Waals surface area contributed by atoms with Crippen LogP contribution in [0.3, 0.4) is 0 Å². The van der Waals surface area contributed by atoms with Crippen LogP contribution in [-0.4, -0.2) is 16.4 Å². The van der Waals surface area contributed by atoms with Crippen molar-refractivity contribution in [2.75, 3.05) is 4.90 Å². The number of hydrogen-bond donors (Lipinski definition) is 0. The quantitative estimate of drug-likeness (QED) is 0.175. The van der Waals surface area contributed by atoms with Gasteiger partial charge in [-0.2, -0.15) is 0 Å². The first-order chi connectivity index (χ1) is 24.5. The van der Waals surface area contributed by atoms with Crippen LogP contribution in [0.25, 0.3) is 60.9 Å². The van der Waals surface area contributed by atoms with E-state index in [9.17, 15) is 9.59 Å². The molecule has 9 rings (SSSR count). The Morgan fingerprint density at radius 2 is 0.900 bits per heavy atom. The average Bonchev–Trinajstić information content (AvgIpc) is 3.61. The van der Waals surface area contributed by atoms with Crippen molar-refractivity contribution in [1.82, 2.24) is 4.57 Å². The second kappa shape index (κ2) is 11.6. The number of carbonyl (C=O) groups is 2. The highest BCUT2D eigenvalue weighted by molar-refractivity contribution is 6.36. The first kappa shape index (κ1) is 29.6. The molecule has 0 fully saturated rings. The molecule has 238 valence electrons. The lowest BCUT2D eigenvalue weighted by Crippen LogP contribution is -2.30. The Morgan fingerprint density at radius 1 is 0.400 bits per heavy atom. The summed E-state index contributed by atoms with van der Waals surface area (Å²) in [6, 6.07) is 53.2. The van der Waals surface area contributed by atoms with E-state index in [-0.39, 0.29) is 11.8 Å². The van der Waals surface area contributed by atoms with Crippen molar-refractivity contribution >= 4 is 39.3 Å². The monoisotopic (exact) mass is 644 g/mol. The molecule has 0 spiro atoms. The number of aryl methyl sites for hydroxylation is 2. The molecule has 0 saturated heterocycles. The minimum Gasteiger partial charge on any atom is -0.308 e. The third kappa shape index (κ3) is 4.68. The van der Waals surface area contributed by atoms with Crippen LogP contribution in [0.15, 0.2) is 158 Å². The molecule has 0 N–H and O–H groups in total. The Hall–Kier alpha value is -6.52. The van der Waals surface area contributed by atoms with E-state index >= 15 is 0 Å². The number of para-hydroxylation sites is 1. The van der Waals surface area contributed by atoms with Crippen molar-refractivity contribution in [2.45, 2.75) is 13.8 Å². The SMILES string of the molecule is Cc1cccc(-c2ccc3c4ccc(-c5cccc(C)c5)cc4n(-c4cccc5c4C(=O)N(c4ccccc4-c4ccccc4)C5=O)c3c2)c1. The lowest BCUT2D eigenvalue weighted by molar-refractivity contribution is 0.0926. The molecule has 0 radical (unpaired) electrons. The minimum absolute atomic E-state index is 0.322. The Balaban J connectivity index is 1.30. The highest BCUT2D eigenvalue weighted by Crippen LogP contribution is 2.42. The molecule has 0 atom stereocenters. The van der Waals surface area contributed by atoms with E-state index in [0.29, 0.717) is 22.5 Å². The van der Waals surface area contributed by atoms with Gasteiger partial charge in [-0.3, -0.25) is 9.59 Å². The van der Waals surface area contributed by atoms with E-state index in [4.69, 9.17) is 0 Å². The first-order valence-corrected chi connectivity index (χ1v) is 16.9. The zero-order valence-corrected chi connectivity index (χ0v) is 27.7. The smallest absolute Gasteiger partial charge is 0.268 e. The molecule has 4 heteroatoms. The van der Waals surface area contributed by atoms with Crippen LogP contribution in [-0.2, 0) is 0 Å². The maximum absolute atomic E-state index is 14.7. The fourth-order valence-electron chi connectivity index (χ4n) is 7.49. The molecule has 1 aromatic heterocycles. The van der Waals surface area contributed by atoms with Crippen LogP contribution >= 0.6 is 0 Å². The zero-order valence-electron chi connectivity index (χ0n) is 27.7. The summed E-state index contributed by atoms with van der Waals surface area (Å²) in [5.74, 6) is -0.652. The number of carbonyl (C=O) groups excluding carboxylic acids is 2. The van der Waals surface area contributed by atoms with Crippen LogP contribution < -0.4 is 4.90 Å². The lowest BCUT2D eigenvalue weighted by Gasteiger charge is -2.19. The average molecular weight is 645 g/mol. The Morgan fingerprint density at radius 3 is 1.52 bits per heavy atom. The lowest BCUT2D eigenvalue weighted by atomic mass is 10.0. The van der Waals surface area contributed by atoms with Crippen molar-refractivity contribution < 1.29 is 9.59 Å². The summed E-state index contributed by atoms with van der Waals surface area (Å²) in [4.78, 5) is 30.3. The summed E-state index contributed by atoms with van der Waals surface area (Å²) in [7, 11) is 0. The van der Waals surface area contributed by atoms with Gasteiger partial charge >= 0.3 is 0 Å². The van der Waals surface area contributed by atoms with Crippen LogP contribution in [0, 0.1) is 13.8 Å². The number of benzene rings is 7. The topological polar surface area (TPSA) is 42.3 Å². The van der Waals surface area contributed by atoms with Gasteiger partial charge in [-0.1, -0.05) is 139 Å². The maximum atomic E-state index is 14.7. The summed E-state index contributed by atoms with van der Waals surface area (Å²) in [5, 5.41) is 2.15. The van der Waals surface area contributed by atoms with Gasteiger partial charge < -0.3 is 4.57 Å². The van der Waals surface area contributed by atoms with Crippen molar-refractivity contribution in [1.29, 1.82) is 0 Å². The van der Waals surface area contributed by atoms with Gasteiger partial charge in [-0.15, -0.1) is 0 Å². The van der Waals surface area contributed by atoms with E-state index in [2.05, 4.69) is 103 Å². The van der Waals surface area contributed by atoms with Crippen LogP contribution in [0.4, 0.5) is 5.69 Å². The molecule has 4 nitrogen and oxygen atoms in total. The molecule has 50 heavy (non-hydrogen) atoms. The molecular formula is C46H32N2O2. The predicted octanol–water partition coefficient (Wildman–Crippen LogP) is 11.2. The van der Waals surface area contributed by atoms with Gasteiger partial charge in [0.2, 0.25) is 0 Å². The fourth-order valence-corrected chi connectivity index (χ4v) is 7.49. The predicted molar refractivity (Wildman–Crippen MR) is 204 cm³/mol. The molecule has 0 aliphatic carbocycles. The van der Waals surface area contributed by atoms with Gasteiger partial charge in [0.05, 0.1) is 33.5 Å². The van der Waals surface area contributed by atoms with Crippen LogP contribution in [0.1, 0.15) is 31.8 Å². The largest absolute Gasteiger partial charge is 0.308 e. The highest BCUT2D eigenvalue weighted by atomic mass is 16.2. The van der Waals surface area contributed by atoms with Crippen molar-refractivity contribution in [3.63, 3.8) is 0 Å². The Bertz CT molecular complexity index is 2560. The standard InChI is InChI=1S/C46H32N2O2/c1-29-11-8-15-32(25-29)34-21-23-37-38-24-22-35(33-16-9-12-30(2)26-33)28-43(38)47(42(37)27-34)41-20-10-18-39-44(41)46(50)48(45(39)49)40-19-7-6-17-36(40)31-13-4-3-5-14-31/h3-28H,1-2H3. The number of amides is 2. The number of rotatable bonds is 5. The normalized spacial score (nSPS) is 12.6. The molecular weight excluding hydrogens is 613 g/mol. The second-order valence-corrected chi connectivity index (χ2v) is 13.1. The number of imide groups is 1. The van der Waals surface area contributed by atoms with E-state index in [1.165, 1.54) is 16.0 Å². The molecule has 8 aromatic rings. The van der Waals surface area contributed by atoms with E-state index in [0.717, 1.165) is 55.2 Å². The number of anilines is 1. The molecule has 2 heterocycles. The summed E-state index contributed by atoms with van der Waals surface area (Å²) in [5.41, 5.74) is 12.5. The molecule has 0 unspecified atom stereocenters. The van der Waals surface area contributed by atoms with Crippen molar-refractivity contribution in [3.8, 4) is 39.1 Å². The van der Waals surface area contributed by atoms with Crippen molar-refractivity contribution in [3.05, 3.63) is 180 Å². The summed E-state index contributed by atoms with van der Waals surface area (Å²) >= 11 is 0. The number of nitrogens with zero attached hydrogens (tertiary/aromatic N) is 2. The molecule has 1 aliphatic rings. The van der Waals surface area contributed by atoms with Gasteiger partial charge in [0.15, 0.2) is 0 Å². The van der Waals surface area contributed by atoms with E-state index < -0.39 is 0 Å². The maximum Gasteiger partial charge on any atom is 0.268 e. The van der Waals surface area contributed by atoms with Gasteiger partial charge in [0, 0.05) is 16.3 Å². The number of fused-ring (bicyclic) bond motifs is 4. The second-order valence-electron chi connectivity index (χ2n) is 13.1. The molecule has 0 saturated carbocycles. The van der Waals surface area contributed by atoms with Crippen molar-refractivity contribution in [2.24, 2.45) is 0 Å². The van der Waals surface area contributed by atoms with Gasteiger partial charge in [-0.05, 0) is 72.0 Å². The summed E-state index contributed by atoms with van der Waals surface area (Å²) < 4.78 is 2.18. The van der Waals surface area contributed by atoms with E-state index in [1.54, 1.807) is 6.07 Å². The highest BCUT2D eigenvalue weighted by Gasteiger charge is 2.40. The zero-order chi connectivity index (χ0) is 33.9. The number of hydrogen-bond acceptors (Lipinski definition) is 2.